The van der Waals surface area contributed by atoms with Crippen molar-refractivity contribution in [3.8, 4) is 0 Å². The Labute approximate surface area is 103 Å². The quantitative estimate of drug-likeness (QED) is 0.527. The standard InChI is InChI=1S/C12H20BNO3/c1-11(2,15)12(3,4)17-13(16)9-5-7-10(14)8-6-9/h5-8,15-16H,14H2,1-4H3. The van der Waals surface area contributed by atoms with Gasteiger partial charge in [0.1, 0.15) is 0 Å². The number of rotatable bonds is 4. The lowest BCUT2D eigenvalue weighted by atomic mass is 9.76. The van der Waals surface area contributed by atoms with E-state index in [1.54, 1.807) is 52.0 Å². The van der Waals surface area contributed by atoms with Crippen LogP contribution in [0.15, 0.2) is 24.3 Å². The van der Waals surface area contributed by atoms with Crippen LogP contribution in [0.4, 0.5) is 5.69 Å². The van der Waals surface area contributed by atoms with Crippen LogP contribution < -0.4 is 11.2 Å². The van der Waals surface area contributed by atoms with Gasteiger partial charge in [0.15, 0.2) is 0 Å². The maximum absolute atomic E-state index is 9.94. The predicted molar refractivity (Wildman–Crippen MR) is 69.9 cm³/mol. The Hall–Kier alpha value is -1.04. The van der Waals surface area contributed by atoms with Crippen molar-refractivity contribution < 1.29 is 14.8 Å². The molecule has 0 unspecified atom stereocenters. The van der Waals surface area contributed by atoms with E-state index in [1.807, 2.05) is 0 Å². The lowest BCUT2D eigenvalue weighted by Crippen LogP contribution is -2.53. The third-order valence-electron chi connectivity index (χ3n) is 3.10. The van der Waals surface area contributed by atoms with Crippen LogP contribution in [-0.2, 0) is 4.65 Å². The molecule has 0 aliphatic carbocycles. The van der Waals surface area contributed by atoms with Crippen LogP contribution in [0.3, 0.4) is 0 Å². The van der Waals surface area contributed by atoms with Crippen LogP contribution in [0.2, 0.25) is 0 Å². The normalized spacial score (nSPS) is 12.6. The fraction of sp³-hybridized carbons (Fsp3) is 0.500. The second kappa shape index (κ2) is 4.68. The number of benzene rings is 1. The molecule has 0 amide bonds. The van der Waals surface area contributed by atoms with Crippen molar-refractivity contribution in [3.63, 3.8) is 0 Å². The Balaban J connectivity index is 2.79. The fourth-order valence-corrected chi connectivity index (χ4v) is 1.15. The number of nitrogen functional groups attached to an aromatic ring is 1. The molecule has 94 valence electrons. The minimum Gasteiger partial charge on any atom is -0.423 e. The molecule has 0 radical (unpaired) electrons. The highest BCUT2D eigenvalue weighted by molar-refractivity contribution is 6.60. The second-order valence-electron chi connectivity index (χ2n) is 5.21. The predicted octanol–water partition coefficient (Wildman–Crippen LogP) is 0.522. The van der Waals surface area contributed by atoms with Crippen molar-refractivity contribution in [2.45, 2.75) is 38.9 Å². The molecule has 0 aliphatic heterocycles. The van der Waals surface area contributed by atoms with E-state index in [2.05, 4.69) is 0 Å². The van der Waals surface area contributed by atoms with Gasteiger partial charge in [-0.15, -0.1) is 0 Å². The molecule has 17 heavy (non-hydrogen) atoms. The summed E-state index contributed by atoms with van der Waals surface area (Å²) in [5, 5.41) is 19.9. The van der Waals surface area contributed by atoms with E-state index < -0.39 is 18.3 Å². The van der Waals surface area contributed by atoms with Crippen molar-refractivity contribution in [1.82, 2.24) is 0 Å². The molecule has 0 saturated heterocycles. The van der Waals surface area contributed by atoms with Crippen LogP contribution in [0, 0.1) is 0 Å². The Morgan fingerprint density at radius 2 is 1.59 bits per heavy atom. The van der Waals surface area contributed by atoms with Crippen molar-refractivity contribution in [1.29, 1.82) is 0 Å². The summed E-state index contributed by atoms with van der Waals surface area (Å²) in [6.07, 6.45) is 0. The maximum atomic E-state index is 9.94. The van der Waals surface area contributed by atoms with E-state index in [1.165, 1.54) is 0 Å². The van der Waals surface area contributed by atoms with Gasteiger partial charge >= 0.3 is 7.12 Å². The molecular formula is C12H20BNO3. The first-order chi connectivity index (χ1) is 7.63. The molecular weight excluding hydrogens is 217 g/mol. The van der Waals surface area contributed by atoms with E-state index in [0.717, 1.165) is 0 Å². The zero-order valence-corrected chi connectivity index (χ0v) is 10.8. The van der Waals surface area contributed by atoms with Gasteiger partial charge in [0.05, 0.1) is 11.2 Å². The van der Waals surface area contributed by atoms with E-state index in [4.69, 9.17) is 10.4 Å². The van der Waals surface area contributed by atoms with Crippen molar-refractivity contribution >= 4 is 18.3 Å². The summed E-state index contributed by atoms with van der Waals surface area (Å²) in [7, 11) is -1.09. The van der Waals surface area contributed by atoms with Gasteiger partial charge in [0.25, 0.3) is 0 Å². The summed E-state index contributed by atoms with van der Waals surface area (Å²) < 4.78 is 5.49. The lowest BCUT2D eigenvalue weighted by molar-refractivity contribution is -0.0982. The highest BCUT2D eigenvalue weighted by Gasteiger charge is 2.39. The third-order valence-corrected chi connectivity index (χ3v) is 3.10. The fourth-order valence-electron chi connectivity index (χ4n) is 1.15. The number of hydrogen-bond acceptors (Lipinski definition) is 4. The molecule has 0 heterocycles. The number of hydrogen-bond donors (Lipinski definition) is 3. The first-order valence-electron chi connectivity index (χ1n) is 5.57. The Kier molecular flexibility index (Phi) is 3.86. The summed E-state index contributed by atoms with van der Waals surface area (Å²) in [6.45, 7) is 6.74. The maximum Gasteiger partial charge on any atom is 0.491 e. The molecule has 1 aromatic rings. The second-order valence-corrected chi connectivity index (χ2v) is 5.21. The topological polar surface area (TPSA) is 75.7 Å². The zero-order valence-electron chi connectivity index (χ0n) is 10.8. The van der Waals surface area contributed by atoms with Crippen LogP contribution >= 0.6 is 0 Å². The molecule has 1 rings (SSSR count). The van der Waals surface area contributed by atoms with Crippen LogP contribution in [-0.4, -0.2) is 28.5 Å². The zero-order chi connectivity index (χ0) is 13.3. The molecule has 0 aliphatic rings. The van der Waals surface area contributed by atoms with E-state index in [9.17, 15) is 10.1 Å². The van der Waals surface area contributed by atoms with Crippen LogP contribution in [0.25, 0.3) is 0 Å². The Bertz CT molecular complexity index is 370. The van der Waals surface area contributed by atoms with Crippen LogP contribution in [0.5, 0.6) is 0 Å². The molecule has 0 aromatic heterocycles. The molecule has 4 N–H and O–H groups in total. The summed E-state index contributed by atoms with van der Waals surface area (Å²) in [4.78, 5) is 0. The third kappa shape index (κ3) is 3.46. The molecule has 0 atom stereocenters. The summed E-state index contributed by atoms with van der Waals surface area (Å²) in [5.41, 5.74) is 4.88. The first kappa shape index (κ1) is 14.0. The highest BCUT2D eigenvalue weighted by Crippen LogP contribution is 2.25. The van der Waals surface area contributed by atoms with Gasteiger partial charge in [0, 0.05) is 5.69 Å². The van der Waals surface area contributed by atoms with E-state index >= 15 is 0 Å². The van der Waals surface area contributed by atoms with Gasteiger partial charge in [-0.05, 0) is 45.3 Å². The molecule has 0 bridgehead atoms. The average molecular weight is 237 g/mol. The molecule has 0 saturated carbocycles. The van der Waals surface area contributed by atoms with Crippen molar-refractivity contribution in [2.24, 2.45) is 0 Å². The molecule has 0 spiro atoms. The van der Waals surface area contributed by atoms with Crippen LogP contribution in [0.1, 0.15) is 27.7 Å². The summed E-state index contributed by atoms with van der Waals surface area (Å²) >= 11 is 0. The average Bonchev–Trinajstić information content (AvgIpc) is 2.16. The molecule has 5 heteroatoms. The minimum atomic E-state index is -1.09. The van der Waals surface area contributed by atoms with Gasteiger partial charge in [0.2, 0.25) is 0 Å². The largest absolute Gasteiger partial charge is 0.491 e. The minimum absolute atomic E-state index is 0.608. The Morgan fingerprint density at radius 3 is 2.00 bits per heavy atom. The SMILES string of the molecule is CC(C)(O)C(C)(C)OB(O)c1ccc(N)cc1. The van der Waals surface area contributed by atoms with Gasteiger partial charge in [-0.2, -0.15) is 0 Å². The Morgan fingerprint density at radius 1 is 1.12 bits per heavy atom. The number of nitrogens with two attached hydrogens (primary N) is 1. The smallest absolute Gasteiger partial charge is 0.423 e. The first-order valence-corrected chi connectivity index (χ1v) is 5.57. The van der Waals surface area contributed by atoms with E-state index in [-0.39, 0.29) is 0 Å². The van der Waals surface area contributed by atoms with Crippen molar-refractivity contribution in [2.75, 3.05) is 5.73 Å². The van der Waals surface area contributed by atoms with Gasteiger partial charge in [-0.1, -0.05) is 12.1 Å². The highest BCUT2D eigenvalue weighted by atomic mass is 16.5. The monoisotopic (exact) mass is 237 g/mol. The molecule has 4 nitrogen and oxygen atoms in total. The van der Waals surface area contributed by atoms with E-state index in [0.29, 0.717) is 11.2 Å². The van der Waals surface area contributed by atoms with Gasteiger partial charge in [-0.3, -0.25) is 0 Å². The summed E-state index contributed by atoms with van der Waals surface area (Å²) in [6, 6.07) is 6.78. The lowest BCUT2D eigenvalue weighted by Gasteiger charge is -2.38. The van der Waals surface area contributed by atoms with Gasteiger partial charge in [-0.25, -0.2) is 0 Å². The molecule has 1 aromatic carbocycles. The van der Waals surface area contributed by atoms with Crippen molar-refractivity contribution in [3.05, 3.63) is 24.3 Å². The number of aliphatic hydroxyl groups is 1. The van der Waals surface area contributed by atoms with Gasteiger partial charge < -0.3 is 20.5 Å². The molecule has 0 fully saturated rings. The summed E-state index contributed by atoms with van der Waals surface area (Å²) in [5.74, 6) is 0. The number of anilines is 1.